The molecule has 0 radical (unpaired) electrons. The summed E-state index contributed by atoms with van der Waals surface area (Å²) in [7, 11) is 0. The minimum Gasteiger partial charge on any atom is -0.492 e. The molecule has 1 fully saturated rings. The van der Waals surface area contributed by atoms with Crippen LogP contribution in [0.25, 0.3) is 0 Å². The molecule has 3 nitrogen and oxygen atoms in total. The van der Waals surface area contributed by atoms with Crippen LogP contribution in [0.2, 0.25) is 5.02 Å². The summed E-state index contributed by atoms with van der Waals surface area (Å²) < 4.78 is 5.49. The van der Waals surface area contributed by atoms with Crippen molar-refractivity contribution in [2.45, 2.75) is 25.1 Å². The normalized spacial score (nSPS) is 19.4. The van der Waals surface area contributed by atoms with Gasteiger partial charge in [0.15, 0.2) is 0 Å². The molecule has 0 spiro atoms. The minimum absolute atomic E-state index is 0.0355. The first kappa shape index (κ1) is 13.5. The molecule has 18 heavy (non-hydrogen) atoms. The Morgan fingerprint density at radius 2 is 2.28 bits per heavy atom. The van der Waals surface area contributed by atoms with E-state index in [2.05, 4.69) is 0 Å². The Morgan fingerprint density at radius 3 is 2.83 bits per heavy atom. The first-order valence-electron chi connectivity index (χ1n) is 5.98. The van der Waals surface area contributed by atoms with Gasteiger partial charge in [0.2, 0.25) is 5.91 Å². The van der Waals surface area contributed by atoms with E-state index in [1.54, 1.807) is 17.0 Å². The van der Waals surface area contributed by atoms with E-state index >= 15 is 0 Å². The Kier molecular flexibility index (Phi) is 4.36. The number of benzene rings is 1. The highest BCUT2D eigenvalue weighted by Gasteiger charge is 2.29. The van der Waals surface area contributed by atoms with Crippen LogP contribution >= 0.6 is 23.2 Å². The quantitative estimate of drug-likeness (QED) is 0.794. The number of alkyl halides is 1. The number of amides is 1. The Labute approximate surface area is 117 Å². The molecule has 0 aliphatic carbocycles. The minimum atomic E-state index is -0.118. The Morgan fingerprint density at radius 1 is 1.50 bits per heavy atom. The molecule has 2 rings (SSSR count). The lowest BCUT2D eigenvalue weighted by Gasteiger charge is -2.17. The van der Waals surface area contributed by atoms with Crippen LogP contribution in [0.5, 0.6) is 5.75 Å². The van der Waals surface area contributed by atoms with Gasteiger partial charge in [-0.1, -0.05) is 18.5 Å². The summed E-state index contributed by atoms with van der Waals surface area (Å²) in [5.41, 5.74) is 0.775. The second-order valence-electron chi connectivity index (χ2n) is 4.27. The van der Waals surface area contributed by atoms with Crippen LogP contribution in [-0.4, -0.2) is 24.4 Å². The summed E-state index contributed by atoms with van der Waals surface area (Å²) in [6.45, 7) is 3.20. The molecule has 98 valence electrons. The third kappa shape index (κ3) is 2.90. The van der Waals surface area contributed by atoms with Gasteiger partial charge in [0.1, 0.15) is 5.75 Å². The van der Waals surface area contributed by atoms with Crippen LogP contribution < -0.4 is 9.64 Å². The largest absolute Gasteiger partial charge is 0.492 e. The van der Waals surface area contributed by atoms with E-state index in [0.717, 1.165) is 12.1 Å². The summed E-state index contributed by atoms with van der Waals surface area (Å²) in [5.74, 6) is 0.685. The molecule has 1 amide bonds. The lowest BCUT2D eigenvalue weighted by atomic mass is 10.2. The Bertz CT molecular complexity index is 451. The number of ether oxygens (including phenoxy) is 1. The molecule has 1 atom stereocenters. The molecule has 1 aliphatic heterocycles. The fourth-order valence-corrected chi connectivity index (χ4v) is 2.40. The van der Waals surface area contributed by atoms with Crippen molar-refractivity contribution in [3.05, 3.63) is 23.2 Å². The maximum Gasteiger partial charge on any atom is 0.228 e. The van der Waals surface area contributed by atoms with E-state index in [4.69, 9.17) is 27.9 Å². The SMILES string of the molecule is CCCOc1ccc(N2CC(Cl)CC2=O)cc1Cl. The molecule has 0 aromatic heterocycles. The van der Waals surface area contributed by atoms with Crippen LogP contribution in [0.1, 0.15) is 19.8 Å². The number of anilines is 1. The molecule has 1 aromatic rings. The van der Waals surface area contributed by atoms with Crippen LogP contribution in [0, 0.1) is 0 Å². The van der Waals surface area contributed by atoms with Gasteiger partial charge in [-0.25, -0.2) is 0 Å². The number of nitrogens with zero attached hydrogens (tertiary/aromatic N) is 1. The van der Waals surface area contributed by atoms with E-state index < -0.39 is 0 Å². The second kappa shape index (κ2) is 5.81. The van der Waals surface area contributed by atoms with Gasteiger partial charge in [0.25, 0.3) is 0 Å². The van der Waals surface area contributed by atoms with E-state index in [0.29, 0.717) is 30.3 Å². The number of hydrogen-bond acceptors (Lipinski definition) is 2. The van der Waals surface area contributed by atoms with E-state index in [1.807, 2.05) is 13.0 Å². The molecule has 0 bridgehead atoms. The molecule has 0 saturated carbocycles. The summed E-state index contributed by atoms with van der Waals surface area (Å²) in [6, 6.07) is 5.38. The molecule has 1 aromatic carbocycles. The van der Waals surface area contributed by atoms with Gasteiger partial charge in [-0.2, -0.15) is 0 Å². The highest BCUT2D eigenvalue weighted by Crippen LogP contribution is 2.32. The lowest BCUT2D eigenvalue weighted by molar-refractivity contribution is -0.117. The topological polar surface area (TPSA) is 29.5 Å². The maximum absolute atomic E-state index is 11.7. The van der Waals surface area contributed by atoms with Gasteiger partial charge in [0, 0.05) is 18.7 Å². The second-order valence-corrected chi connectivity index (χ2v) is 5.29. The lowest BCUT2D eigenvalue weighted by Crippen LogP contribution is -2.24. The molecule has 1 heterocycles. The van der Waals surface area contributed by atoms with Crippen molar-refractivity contribution in [2.24, 2.45) is 0 Å². The van der Waals surface area contributed by atoms with Gasteiger partial charge in [0.05, 0.1) is 17.0 Å². The standard InChI is InChI=1S/C13H15Cl2NO2/c1-2-5-18-12-4-3-10(7-11(12)15)16-8-9(14)6-13(16)17/h3-4,7,9H,2,5-6,8H2,1H3. The summed E-state index contributed by atoms with van der Waals surface area (Å²) >= 11 is 12.1. The molecular weight excluding hydrogens is 273 g/mol. The van der Waals surface area contributed by atoms with Gasteiger partial charge < -0.3 is 9.64 Å². The molecule has 1 unspecified atom stereocenters. The van der Waals surface area contributed by atoms with E-state index in [1.165, 1.54) is 0 Å². The van der Waals surface area contributed by atoms with Gasteiger partial charge in [-0.15, -0.1) is 11.6 Å². The van der Waals surface area contributed by atoms with Crippen molar-refractivity contribution >= 4 is 34.8 Å². The molecule has 1 aliphatic rings. The average Bonchev–Trinajstić information content (AvgIpc) is 2.67. The first-order valence-corrected chi connectivity index (χ1v) is 6.80. The molecule has 0 N–H and O–H groups in total. The van der Waals surface area contributed by atoms with Gasteiger partial charge in [-0.3, -0.25) is 4.79 Å². The Balaban J connectivity index is 2.16. The fraction of sp³-hybridized carbons (Fsp3) is 0.462. The van der Waals surface area contributed by atoms with Gasteiger partial charge in [-0.05, 0) is 24.6 Å². The number of carbonyl (C=O) groups excluding carboxylic acids is 1. The van der Waals surface area contributed by atoms with Crippen LogP contribution in [-0.2, 0) is 4.79 Å². The van der Waals surface area contributed by atoms with E-state index in [-0.39, 0.29) is 11.3 Å². The zero-order chi connectivity index (χ0) is 13.1. The van der Waals surface area contributed by atoms with Crippen molar-refractivity contribution in [2.75, 3.05) is 18.1 Å². The molecular formula is C13H15Cl2NO2. The summed E-state index contributed by atoms with van der Waals surface area (Å²) in [4.78, 5) is 13.4. The third-order valence-corrected chi connectivity index (χ3v) is 3.35. The van der Waals surface area contributed by atoms with Crippen LogP contribution in [0.4, 0.5) is 5.69 Å². The maximum atomic E-state index is 11.7. The molecule has 5 heteroatoms. The zero-order valence-electron chi connectivity index (χ0n) is 10.2. The van der Waals surface area contributed by atoms with E-state index in [9.17, 15) is 4.79 Å². The van der Waals surface area contributed by atoms with Crippen molar-refractivity contribution in [1.82, 2.24) is 0 Å². The number of carbonyl (C=O) groups is 1. The number of halogens is 2. The first-order chi connectivity index (χ1) is 8.61. The predicted octanol–water partition coefficient (Wildman–Crippen LogP) is 3.47. The highest BCUT2D eigenvalue weighted by molar-refractivity contribution is 6.32. The monoisotopic (exact) mass is 287 g/mol. The van der Waals surface area contributed by atoms with Crippen molar-refractivity contribution in [3.63, 3.8) is 0 Å². The fourth-order valence-electron chi connectivity index (χ4n) is 1.90. The van der Waals surface area contributed by atoms with Crippen LogP contribution in [0.15, 0.2) is 18.2 Å². The highest BCUT2D eigenvalue weighted by atomic mass is 35.5. The van der Waals surface area contributed by atoms with Crippen molar-refractivity contribution in [1.29, 1.82) is 0 Å². The summed E-state index contributed by atoms with van der Waals surface area (Å²) in [5, 5.41) is 0.402. The number of rotatable bonds is 4. The van der Waals surface area contributed by atoms with Crippen molar-refractivity contribution < 1.29 is 9.53 Å². The third-order valence-electron chi connectivity index (χ3n) is 2.77. The predicted molar refractivity (Wildman–Crippen MR) is 73.8 cm³/mol. The Hall–Kier alpha value is -0.930. The van der Waals surface area contributed by atoms with Crippen molar-refractivity contribution in [3.8, 4) is 5.75 Å². The number of hydrogen-bond donors (Lipinski definition) is 0. The van der Waals surface area contributed by atoms with Gasteiger partial charge >= 0.3 is 0 Å². The smallest absolute Gasteiger partial charge is 0.228 e. The van der Waals surface area contributed by atoms with Crippen LogP contribution in [0.3, 0.4) is 0 Å². The molecule has 1 saturated heterocycles. The summed E-state index contributed by atoms with van der Waals surface area (Å²) in [6.07, 6.45) is 1.31. The zero-order valence-corrected chi connectivity index (χ0v) is 11.7. The average molecular weight is 288 g/mol.